The maximum absolute atomic E-state index is 14.1. The first-order valence-electron chi connectivity index (χ1n) is 7.28. The van der Waals surface area contributed by atoms with Crippen LogP contribution in [0.3, 0.4) is 0 Å². The van der Waals surface area contributed by atoms with Crippen molar-refractivity contribution in [3.8, 4) is 0 Å². The number of halogens is 1. The van der Waals surface area contributed by atoms with Crippen molar-refractivity contribution in [2.24, 2.45) is 0 Å². The van der Waals surface area contributed by atoms with Crippen molar-refractivity contribution in [2.45, 2.75) is 59.7 Å². The Morgan fingerprint density at radius 1 is 1.21 bits per heavy atom. The molecular formula is C16H27FN2. The van der Waals surface area contributed by atoms with Crippen LogP contribution in [0.15, 0.2) is 18.2 Å². The summed E-state index contributed by atoms with van der Waals surface area (Å²) in [6.07, 6.45) is 1.06. The highest BCUT2D eigenvalue weighted by atomic mass is 19.1. The van der Waals surface area contributed by atoms with Crippen molar-refractivity contribution < 1.29 is 4.39 Å². The van der Waals surface area contributed by atoms with Gasteiger partial charge in [0.2, 0.25) is 0 Å². The molecule has 108 valence electrons. The summed E-state index contributed by atoms with van der Waals surface area (Å²) >= 11 is 0. The molecule has 0 aliphatic rings. The average Bonchev–Trinajstić information content (AvgIpc) is 2.38. The van der Waals surface area contributed by atoms with Crippen LogP contribution >= 0.6 is 0 Å². The minimum atomic E-state index is -0.118. The Balaban J connectivity index is 3.07. The second-order valence-corrected chi connectivity index (χ2v) is 5.32. The van der Waals surface area contributed by atoms with E-state index in [9.17, 15) is 4.39 Å². The third kappa shape index (κ3) is 4.20. The zero-order chi connectivity index (χ0) is 14.4. The van der Waals surface area contributed by atoms with Crippen LogP contribution in [0.2, 0.25) is 0 Å². The third-order valence-electron chi connectivity index (χ3n) is 3.55. The van der Waals surface area contributed by atoms with Gasteiger partial charge in [-0.15, -0.1) is 0 Å². The molecule has 1 unspecified atom stereocenters. The van der Waals surface area contributed by atoms with Crippen molar-refractivity contribution >= 4 is 5.69 Å². The molecule has 0 saturated heterocycles. The Hall–Kier alpha value is -1.09. The second kappa shape index (κ2) is 7.49. The zero-order valence-electron chi connectivity index (χ0n) is 12.8. The molecule has 1 rings (SSSR count). The fourth-order valence-corrected chi connectivity index (χ4v) is 2.24. The van der Waals surface area contributed by atoms with Crippen LogP contribution in [-0.2, 0) is 6.54 Å². The van der Waals surface area contributed by atoms with Gasteiger partial charge in [0.15, 0.2) is 0 Å². The first kappa shape index (κ1) is 16.0. The number of benzene rings is 1. The Kier molecular flexibility index (Phi) is 6.29. The molecule has 19 heavy (non-hydrogen) atoms. The van der Waals surface area contributed by atoms with Gasteiger partial charge in [-0.2, -0.15) is 0 Å². The summed E-state index contributed by atoms with van der Waals surface area (Å²) in [4.78, 5) is 2.28. The van der Waals surface area contributed by atoms with Gasteiger partial charge in [0.05, 0.1) is 0 Å². The smallest absolute Gasteiger partial charge is 0.129 e. The molecular weight excluding hydrogens is 239 g/mol. The number of anilines is 1. The predicted octanol–water partition coefficient (Wildman–Crippen LogP) is 3.95. The molecule has 1 atom stereocenters. The Labute approximate surface area is 117 Å². The number of nitrogens with zero attached hydrogens (tertiary/aromatic N) is 1. The molecule has 0 saturated carbocycles. The van der Waals surface area contributed by atoms with Gasteiger partial charge >= 0.3 is 0 Å². The molecule has 0 fully saturated rings. The molecule has 0 heterocycles. The minimum Gasteiger partial charge on any atom is -0.369 e. The lowest BCUT2D eigenvalue weighted by molar-refractivity contribution is 0.547. The number of rotatable bonds is 7. The maximum atomic E-state index is 14.1. The van der Waals surface area contributed by atoms with Gasteiger partial charge in [-0.25, -0.2) is 4.39 Å². The molecule has 2 nitrogen and oxygen atoms in total. The number of hydrogen-bond acceptors (Lipinski definition) is 2. The van der Waals surface area contributed by atoms with E-state index in [2.05, 4.69) is 44.8 Å². The summed E-state index contributed by atoms with van der Waals surface area (Å²) in [6.45, 7) is 12.1. The molecule has 1 aromatic rings. The van der Waals surface area contributed by atoms with Gasteiger partial charge < -0.3 is 10.2 Å². The first-order chi connectivity index (χ1) is 9.01. The Morgan fingerprint density at radius 3 is 2.42 bits per heavy atom. The highest BCUT2D eigenvalue weighted by molar-refractivity contribution is 5.55. The zero-order valence-corrected chi connectivity index (χ0v) is 12.8. The van der Waals surface area contributed by atoms with Crippen LogP contribution in [0, 0.1) is 5.82 Å². The summed E-state index contributed by atoms with van der Waals surface area (Å²) in [5.74, 6) is -0.118. The quantitative estimate of drug-likeness (QED) is 0.804. The van der Waals surface area contributed by atoms with Gasteiger partial charge in [-0.1, -0.05) is 26.8 Å². The summed E-state index contributed by atoms with van der Waals surface area (Å²) in [5.41, 5.74) is 1.79. The summed E-state index contributed by atoms with van der Waals surface area (Å²) in [6, 6.07) is 6.14. The average molecular weight is 266 g/mol. The Bertz CT molecular complexity index is 390. The van der Waals surface area contributed by atoms with Crippen LogP contribution in [0.25, 0.3) is 0 Å². The predicted molar refractivity (Wildman–Crippen MR) is 81.1 cm³/mol. The van der Waals surface area contributed by atoms with E-state index in [1.165, 1.54) is 0 Å². The fourth-order valence-electron chi connectivity index (χ4n) is 2.24. The lowest BCUT2D eigenvalue weighted by atomic mass is 10.1. The maximum Gasteiger partial charge on any atom is 0.129 e. The highest BCUT2D eigenvalue weighted by Crippen LogP contribution is 2.25. The molecule has 0 radical (unpaired) electrons. The number of nitrogens with one attached hydrogen (secondary N) is 1. The summed E-state index contributed by atoms with van der Waals surface area (Å²) in [5, 5.41) is 3.31. The molecule has 1 N–H and O–H groups in total. The molecule has 0 bridgehead atoms. The topological polar surface area (TPSA) is 15.3 Å². The highest BCUT2D eigenvalue weighted by Gasteiger charge is 2.17. The number of hydrogen-bond donors (Lipinski definition) is 1. The standard InChI is InChI=1S/C16H27FN2/c1-6-13(5)19(7-2)16-10-8-9-15(17)14(16)11-18-12(3)4/h8-10,12-13,18H,6-7,11H2,1-5H3. The molecule has 0 aromatic heterocycles. The van der Waals surface area contributed by atoms with Gasteiger partial charge in [0.1, 0.15) is 5.82 Å². The van der Waals surface area contributed by atoms with Crippen molar-refractivity contribution in [3.63, 3.8) is 0 Å². The molecule has 0 amide bonds. The van der Waals surface area contributed by atoms with E-state index in [0.717, 1.165) is 24.2 Å². The van der Waals surface area contributed by atoms with E-state index in [0.29, 0.717) is 18.6 Å². The SMILES string of the molecule is CCC(C)N(CC)c1cccc(F)c1CNC(C)C. The van der Waals surface area contributed by atoms with Crippen LogP contribution in [0.5, 0.6) is 0 Å². The lowest BCUT2D eigenvalue weighted by Gasteiger charge is -2.31. The van der Waals surface area contributed by atoms with Crippen molar-refractivity contribution in [1.29, 1.82) is 0 Å². The summed E-state index contributed by atoms with van der Waals surface area (Å²) < 4.78 is 14.1. The van der Waals surface area contributed by atoms with Crippen molar-refractivity contribution in [1.82, 2.24) is 5.32 Å². The third-order valence-corrected chi connectivity index (χ3v) is 3.55. The fraction of sp³-hybridized carbons (Fsp3) is 0.625. The summed E-state index contributed by atoms with van der Waals surface area (Å²) in [7, 11) is 0. The van der Waals surface area contributed by atoms with Gasteiger partial charge in [-0.05, 0) is 32.4 Å². The van der Waals surface area contributed by atoms with E-state index < -0.39 is 0 Å². The van der Waals surface area contributed by atoms with Gasteiger partial charge in [-0.3, -0.25) is 0 Å². The first-order valence-corrected chi connectivity index (χ1v) is 7.28. The van der Waals surface area contributed by atoms with Crippen molar-refractivity contribution in [2.75, 3.05) is 11.4 Å². The largest absolute Gasteiger partial charge is 0.369 e. The second-order valence-electron chi connectivity index (χ2n) is 5.32. The molecule has 0 spiro atoms. The van der Waals surface area contributed by atoms with Gasteiger partial charge in [0, 0.05) is 36.4 Å². The molecule has 0 aliphatic carbocycles. The van der Waals surface area contributed by atoms with E-state index in [4.69, 9.17) is 0 Å². The molecule has 3 heteroatoms. The molecule has 1 aromatic carbocycles. The van der Waals surface area contributed by atoms with Crippen molar-refractivity contribution in [3.05, 3.63) is 29.6 Å². The van der Waals surface area contributed by atoms with Crippen LogP contribution in [0.1, 0.15) is 46.6 Å². The van der Waals surface area contributed by atoms with E-state index in [1.807, 2.05) is 6.07 Å². The van der Waals surface area contributed by atoms with Crippen LogP contribution in [0.4, 0.5) is 10.1 Å². The monoisotopic (exact) mass is 266 g/mol. The normalized spacial score (nSPS) is 12.8. The Morgan fingerprint density at radius 2 is 1.89 bits per heavy atom. The van der Waals surface area contributed by atoms with Gasteiger partial charge in [0.25, 0.3) is 0 Å². The van der Waals surface area contributed by atoms with E-state index >= 15 is 0 Å². The lowest BCUT2D eigenvalue weighted by Crippen LogP contribution is -2.34. The minimum absolute atomic E-state index is 0.118. The molecule has 0 aliphatic heterocycles. The van der Waals surface area contributed by atoms with Crippen LogP contribution in [-0.4, -0.2) is 18.6 Å². The van der Waals surface area contributed by atoms with E-state index in [-0.39, 0.29) is 5.82 Å². The van der Waals surface area contributed by atoms with Crippen LogP contribution < -0.4 is 10.2 Å². The van der Waals surface area contributed by atoms with E-state index in [1.54, 1.807) is 12.1 Å².